The van der Waals surface area contributed by atoms with Crippen LogP contribution in [0.4, 0.5) is 0 Å². The van der Waals surface area contributed by atoms with E-state index >= 15 is 0 Å². The van der Waals surface area contributed by atoms with Gasteiger partial charge in [0.25, 0.3) is 0 Å². The molecule has 3 aliphatic rings. The van der Waals surface area contributed by atoms with Gasteiger partial charge in [-0.3, -0.25) is 19.2 Å². The van der Waals surface area contributed by atoms with Crippen molar-refractivity contribution in [2.75, 3.05) is 13.7 Å². The number of nitrogens with zero attached hydrogens (tertiary/aromatic N) is 1. The third-order valence-electron chi connectivity index (χ3n) is 5.05. The highest BCUT2D eigenvalue weighted by Crippen LogP contribution is 2.44. The third-order valence-corrected chi connectivity index (χ3v) is 5.41. The summed E-state index contributed by atoms with van der Waals surface area (Å²) in [5.74, 6) is -2.81. The Labute approximate surface area is 155 Å². The molecule has 1 fully saturated rings. The molecule has 1 saturated heterocycles. The van der Waals surface area contributed by atoms with E-state index in [-0.39, 0.29) is 17.6 Å². The minimum absolute atomic E-state index is 0.0324. The Hall–Kier alpha value is -1.99. The number of rotatable bonds is 3. The van der Waals surface area contributed by atoms with Gasteiger partial charge in [-0.05, 0) is 19.8 Å². The lowest BCUT2D eigenvalue weighted by atomic mass is 9.75. The summed E-state index contributed by atoms with van der Waals surface area (Å²) < 4.78 is 10.8. The Morgan fingerprint density at radius 1 is 1.31 bits per heavy atom. The minimum Gasteiger partial charge on any atom is -0.442 e. The Bertz CT molecular complexity index is 777. The van der Waals surface area contributed by atoms with Crippen molar-refractivity contribution in [1.82, 2.24) is 4.90 Å². The van der Waals surface area contributed by atoms with Gasteiger partial charge in [0.2, 0.25) is 28.7 Å². The summed E-state index contributed by atoms with van der Waals surface area (Å²) in [6.07, 6.45) is 3.14. The van der Waals surface area contributed by atoms with E-state index in [1.807, 2.05) is 0 Å². The van der Waals surface area contributed by atoms with Gasteiger partial charge in [-0.15, -0.1) is 0 Å². The fraction of sp³-hybridized carbons (Fsp3) is 0.556. The van der Waals surface area contributed by atoms with E-state index in [2.05, 4.69) is 0 Å². The second-order valence-electron chi connectivity index (χ2n) is 6.82. The van der Waals surface area contributed by atoms with Gasteiger partial charge in [-0.2, -0.15) is 0 Å². The molecular weight excluding hydrogens is 362 g/mol. The zero-order chi connectivity index (χ0) is 19.3. The molecule has 1 aliphatic carbocycles. The van der Waals surface area contributed by atoms with E-state index in [0.717, 1.165) is 0 Å². The monoisotopic (exact) mass is 381 g/mol. The summed E-state index contributed by atoms with van der Waals surface area (Å²) in [6, 6.07) is 0. The maximum atomic E-state index is 13.1. The normalized spacial score (nSPS) is 31.5. The first-order chi connectivity index (χ1) is 12.2. The van der Waals surface area contributed by atoms with E-state index in [4.69, 9.17) is 21.1 Å². The molecule has 2 aliphatic heterocycles. The summed E-state index contributed by atoms with van der Waals surface area (Å²) in [5, 5.41) is -0.393. The van der Waals surface area contributed by atoms with Gasteiger partial charge in [0, 0.05) is 26.1 Å². The van der Waals surface area contributed by atoms with Crippen LogP contribution in [0.2, 0.25) is 0 Å². The number of likely N-dealkylation sites (N-methyl/N-ethyl adjacent to an activating group) is 1. The number of hydrogen-bond acceptors (Lipinski definition) is 7. The molecule has 0 aromatic heterocycles. The van der Waals surface area contributed by atoms with Crippen molar-refractivity contribution in [2.24, 2.45) is 0 Å². The number of halogens is 1. The van der Waals surface area contributed by atoms with Crippen LogP contribution in [0.5, 0.6) is 0 Å². The summed E-state index contributed by atoms with van der Waals surface area (Å²) in [6.45, 7) is 3.39. The van der Waals surface area contributed by atoms with Crippen LogP contribution in [0, 0.1) is 0 Å². The molecule has 140 valence electrons. The van der Waals surface area contributed by atoms with Crippen molar-refractivity contribution in [2.45, 2.75) is 50.9 Å². The van der Waals surface area contributed by atoms with E-state index < -0.39 is 39.7 Å². The molecule has 7 nitrogen and oxygen atoms in total. The van der Waals surface area contributed by atoms with Crippen LogP contribution in [-0.2, 0) is 28.7 Å². The van der Waals surface area contributed by atoms with Gasteiger partial charge < -0.3 is 14.4 Å². The van der Waals surface area contributed by atoms with Crippen molar-refractivity contribution in [3.63, 3.8) is 0 Å². The van der Waals surface area contributed by atoms with Crippen LogP contribution in [0.25, 0.3) is 0 Å². The number of fused-ring (bicyclic) bond motifs is 1. The maximum absolute atomic E-state index is 13.1. The van der Waals surface area contributed by atoms with Crippen LogP contribution >= 0.6 is 11.6 Å². The number of esters is 1. The van der Waals surface area contributed by atoms with Crippen LogP contribution in [-0.4, -0.2) is 53.2 Å². The predicted molar refractivity (Wildman–Crippen MR) is 91.1 cm³/mol. The molecule has 0 aromatic carbocycles. The van der Waals surface area contributed by atoms with Crippen LogP contribution in [0.1, 0.15) is 39.5 Å². The standard InChI is InChI=1S/C18H20ClNO6/c1-4-6-11(21)26-17(2)14(22)10-9-20(3)18(7-5-8-25-18)15(23)12(10)13(19)16(17)24/h9H,4-8H2,1-3H3/t17-,18+/m0/s1. The molecule has 2 heterocycles. The maximum Gasteiger partial charge on any atom is 0.307 e. The Balaban J connectivity index is 2.09. The van der Waals surface area contributed by atoms with E-state index in [1.54, 1.807) is 14.0 Å². The van der Waals surface area contributed by atoms with Gasteiger partial charge >= 0.3 is 5.97 Å². The first kappa shape index (κ1) is 18.8. The molecule has 1 spiro atoms. The van der Waals surface area contributed by atoms with Gasteiger partial charge in [-0.1, -0.05) is 18.5 Å². The third kappa shape index (κ3) is 2.45. The average Bonchev–Trinajstić information content (AvgIpc) is 3.08. The summed E-state index contributed by atoms with van der Waals surface area (Å²) in [4.78, 5) is 52.3. The van der Waals surface area contributed by atoms with Crippen molar-refractivity contribution in [3.05, 3.63) is 22.4 Å². The highest BCUT2D eigenvalue weighted by molar-refractivity contribution is 6.51. The molecule has 3 rings (SSSR count). The molecule has 2 atom stereocenters. The fourth-order valence-corrected chi connectivity index (χ4v) is 3.94. The van der Waals surface area contributed by atoms with Crippen molar-refractivity contribution < 1.29 is 28.7 Å². The Morgan fingerprint density at radius 2 is 2.00 bits per heavy atom. The van der Waals surface area contributed by atoms with E-state index in [1.165, 1.54) is 18.0 Å². The lowest BCUT2D eigenvalue weighted by Gasteiger charge is -2.43. The predicted octanol–water partition coefficient (Wildman–Crippen LogP) is 1.64. The lowest BCUT2D eigenvalue weighted by Crippen LogP contribution is -2.59. The van der Waals surface area contributed by atoms with Crippen molar-refractivity contribution in [3.8, 4) is 0 Å². The van der Waals surface area contributed by atoms with Crippen LogP contribution in [0.15, 0.2) is 22.4 Å². The molecule has 0 aromatic rings. The molecule has 0 unspecified atom stereocenters. The number of carbonyl (C=O) groups is 4. The Kier molecular flexibility index (Phi) is 4.56. The first-order valence-electron chi connectivity index (χ1n) is 8.54. The Morgan fingerprint density at radius 3 is 2.58 bits per heavy atom. The van der Waals surface area contributed by atoms with Crippen LogP contribution < -0.4 is 0 Å². The largest absolute Gasteiger partial charge is 0.442 e. The summed E-state index contributed by atoms with van der Waals surface area (Å²) in [5.41, 5.74) is -3.49. The van der Waals surface area contributed by atoms with Gasteiger partial charge in [-0.25, -0.2) is 0 Å². The quantitative estimate of drug-likeness (QED) is 0.542. The lowest BCUT2D eigenvalue weighted by molar-refractivity contribution is -0.170. The molecule has 0 amide bonds. The molecule has 26 heavy (non-hydrogen) atoms. The second-order valence-corrected chi connectivity index (χ2v) is 7.20. The number of hydrogen-bond donors (Lipinski definition) is 0. The van der Waals surface area contributed by atoms with Gasteiger partial charge in [0.1, 0.15) is 5.03 Å². The topological polar surface area (TPSA) is 90.0 Å². The molecule has 0 N–H and O–H groups in total. The number of ether oxygens (including phenoxy) is 2. The zero-order valence-electron chi connectivity index (χ0n) is 14.9. The summed E-state index contributed by atoms with van der Waals surface area (Å²) in [7, 11) is 1.63. The molecule has 0 saturated carbocycles. The molecule has 0 bridgehead atoms. The number of Topliss-reactive ketones (excluding diaryl/α,β-unsaturated/α-hetero) is 3. The van der Waals surface area contributed by atoms with Crippen molar-refractivity contribution >= 4 is 34.9 Å². The highest BCUT2D eigenvalue weighted by Gasteiger charge is 2.59. The highest BCUT2D eigenvalue weighted by atomic mass is 35.5. The smallest absolute Gasteiger partial charge is 0.307 e. The molecular formula is C18H20ClNO6. The van der Waals surface area contributed by atoms with E-state index in [9.17, 15) is 19.2 Å². The second kappa shape index (κ2) is 6.32. The average molecular weight is 382 g/mol. The number of carbonyl (C=O) groups excluding carboxylic acids is 4. The van der Waals surface area contributed by atoms with Crippen molar-refractivity contribution in [1.29, 1.82) is 0 Å². The van der Waals surface area contributed by atoms with Crippen LogP contribution in [0.3, 0.4) is 0 Å². The first-order valence-corrected chi connectivity index (χ1v) is 8.92. The summed E-state index contributed by atoms with van der Waals surface area (Å²) >= 11 is 6.21. The molecule has 0 radical (unpaired) electrons. The zero-order valence-corrected chi connectivity index (χ0v) is 15.6. The van der Waals surface area contributed by atoms with Gasteiger partial charge in [0.15, 0.2) is 0 Å². The molecule has 8 heteroatoms. The number of ketones is 3. The van der Waals surface area contributed by atoms with E-state index in [0.29, 0.717) is 25.9 Å². The SMILES string of the molecule is CCCC(=O)O[C@@]1(C)C(=O)C2=CN(C)[C@@]3(CCCO3)C(=O)C2=C(Cl)C1=O. The fourth-order valence-electron chi connectivity index (χ4n) is 3.57. The minimum atomic E-state index is -2.07. The van der Waals surface area contributed by atoms with Gasteiger partial charge in [0.05, 0.1) is 17.8 Å².